The number of amides is 2. The van der Waals surface area contributed by atoms with E-state index in [9.17, 15) is 9.59 Å². The number of hydrogen-bond donors (Lipinski definition) is 2. The fourth-order valence-corrected chi connectivity index (χ4v) is 2.70. The van der Waals surface area contributed by atoms with Gasteiger partial charge in [0.15, 0.2) is 0 Å². The second-order valence-electron chi connectivity index (χ2n) is 6.49. The number of nitrogens with zero attached hydrogens (tertiary/aromatic N) is 2. The maximum Gasteiger partial charge on any atom is 0.257 e. The lowest BCUT2D eigenvalue weighted by Gasteiger charge is -2.12. The molecule has 6 nitrogen and oxygen atoms in total. The molecular formula is C17H22N4O2S. The number of carbonyl (C=O) groups excluding carboxylic acids is 2. The summed E-state index contributed by atoms with van der Waals surface area (Å²) < 4.78 is 0. The van der Waals surface area contributed by atoms with Gasteiger partial charge in [-0.2, -0.15) is 0 Å². The zero-order chi connectivity index (χ0) is 17.7. The lowest BCUT2D eigenvalue weighted by atomic mass is 9.98. The van der Waals surface area contributed by atoms with Crippen molar-refractivity contribution in [3.05, 3.63) is 34.8 Å². The number of nitrogens with one attached hydrogen (secondary N) is 2. The topological polar surface area (TPSA) is 84.0 Å². The van der Waals surface area contributed by atoms with Gasteiger partial charge in [0, 0.05) is 23.1 Å². The average molecular weight is 346 g/mol. The van der Waals surface area contributed by atoms with Crippen molar-refractivity contribution in [3.8, 4) is 0 Å². The highest BCUT2D eigenvalue weighted by atomic mass is 32.1. The van der Waals surface area contributed by atoms with E-state index in [1.54, 1.807) is 24.3 Å². The Morgan fingerprint density at radius 3 is 2.29 bits per heavy atom. The standard InChI is InChI=1S/C17H22N4O2S/c1-5-6-13(22)18-12-9-7-11(8-10-12)14(23)19-16-21-20-15(24-16)17(2,3)4/h7-10H,5-6H2,1-4H3,(H,18,22)(H,19,21,23). The van der Waals surface area contributed by atoms with Gasteiger partial charge < -0.3 is 5.32 Å². The minimum absolute atomic E-state index is 0.0294. The molecule has 0 aliphatic rings. The van der Waals surface area contributed by atoms with Crippen molar-refractivity contribution in [2.45, 2.75) is 46.0 Å². The minimum atomic E-state index is -0.252. The summed E-state index contributed by atoms with van der Waals surface area (Å²) in [5, 5.41) is 15.0. The number of aromatic nitrogens is 2. The highest BCUT2D eigenvalue weighted by Gasteiger charge is 2.20. The molecule has 2 amide bonds. The maximum atomic E-state index is 12.2. The molecule has 24 heavy (non-hydrogen) atoms. The van der Waals surface area contributed by atoms with E-state index < -0.39 is 0 Å². The van der Waals surface area contributed by atoms with Gasteiger partial charge in [0.1, 0.15) is 5.01 Å². The quantitative estimate of drug-likeness (QED) is 0.862. The van der Waals surface area contributed by atoms with E-state index in [2.05, 4.69) is 20.8 Å². The molecule has 0 spiro atoms. The number of rotatable bonds is 5. The van der Waals surface area contributed by atoms with E-state index in [1.165, 1.54) is 11.3 Å². The first-order chi connectivity index (χ1) is 11.3. The smallest absolute Gasteiger partial charge is 0.257 e. The van der Waals surface area contributed by atoms with Gasteiger partial charge in [-0.1, -0.05) is 39.0 Å². The number of hydrogen-bond acceptors (Lipinski definition) is 5. The molecule has 0 saturated carbocycles. The molecule has 128 valence electrons. The number of benzene rings is 1. The number of carbonyl (C=O) groups is 2. The van der Waals surface area contributed by atoms with Crippen molar-refractivity contribution < 1.29 is 9.59 Å². The summed E-state index contributed by atoms with van der Waals surface area (Å²) >= 11 is 1.37. The molecule has 1 aromatic carbocycles. The van der Waals surface area contributed by atoms with E-state index >= 15 is 0 Å². The molecule has 7 heteroatoms. The SMILES string of the molecule is CCCC(=O)Nc1ccc(C(=O)Nc2nnc(C(C)(C)C)s2)cc1. The summed E-state index contributed by atoms with van der Waals surface area (Å²) in [5.41, 5.74) is 1.07. The molecule has 2 rings (SSSR count). The Bertz CT molecular complexity index is 717. The predicted octanol–water partition coefficient (Wildman–Crippen LogP) is 3.83. The van der Waals surface area contributed by atoms with Gasteiger partial charge in [0.05, 0.1) is 0 Å². The molecule has 0 unspecified atom stereocenters. The molecule has 2 N–H and O–H groups in total. The second-order valence-corrected chi connectivity index (χ2v) is 7.47. The van der Waals surface area contributed by atoms with Crippen LogP contribution in [-0.2, 0) is 10.2 Å². The van der Waals surface area contributed by atoms with Gasteiger partial charge in [-0.3, -0.25) is 14.9 Å². The second kappa shape index (κ2) is 7.53. The molecule has 0 bridgehead atoms. The van der Waals surface area contributed by atoms with Crippen LogP contribution in [0.15, 0.2) is 24.3 Å². The third-order valence-corrected chi connectivity index (χ3v) is 4.46. The highest BCUT2D eigenvalue weighted by molar-refractivity contribution is 7.15. The zero-order valence-corrected chi connectivity index (χ0v) is 15.2. The van der Waals surface area contributed by atoms with Crippen molar-refractivity contribution in [3.63, 3.8) is 0 Å². The summed E-state index contributed by atoms with van der Waals surface area (Å²) in [7, 11) is 0. The van der Waals surface area contributed by atoms with Gasteiger partial charge >= 0.3 is 0 Å². The Kier molecular flexibility index (Phi) is 5.66. The highest BCUT2D eigenvalue weighted by Crippen LogP contribution is 2.27. The summed E-state index contributed by atoms with van der Waals surface area (Å²) in [5.74, 6) is -0.281. The summed E-state index contributed by atoms with van der Waals surface area (Å²) in [6, 6.07) is 6.76. The van der Waals surface area contributed by atoms with Gasteiger partial charge in [0.25, 0.3) is 5.91 Å². The molecule has 0 radical (unpaired) electrons. The van der Waals surface area contributed by atoms with E-state index in [0.717, 1.165) is 11.4 Å². The summed E-state index contributed by atoms with van der Waals surface area (Å²) in [4.78, 5) is 23.8. The van der Waals surface area contributed by atoms with Gasteiger partial charge in [-0.15, -0.1) is 10.2 Å². The van der Waals surface area contributed by atoms with Crippen LogP contribution in [0.1, 0.15) is 55.9 Å². The van der Waals surface area contributed by atoms with E-state index in [-0.39, 0.29) is 17.2 Å². The van der Waals surface area contributed by atoms with Crippen LogP contribution in [0.3, 0.4) is 0 Å². The first-order valence-corrected chi connectivity index (χ1v) is 8.66. The van der Waals surface area contributed by atoms with Crippen molar-refractivity contribution >= 4 is 34.0 Å². The molecule has 0 saturated heterocycles. The molecule has 0 atom stereocenters. The van der Waals surface area contributed by atoms with Gasteiger partial charge in [-0.05, 0) is 30.7 Å². The van der Waals surface area contributed by atoms with E-state index in [4.69, 9.17) is 0 Å². The fourth-order valence-electron chi connectivity index (χ4n) is 1.90. The van der Waals surface area contributed by atoms with Crippen molar-refractivity contribution in [1.29, 1.82) is 0 Å². The van der Waals surface area contributed by atoms with Crippen LogP contribution in [0.25, 0.3) is 0 Å². The normalized spacial score (nSPS) is 11.2. The first-order valence-electron chi connectivity index (χ1n) is 7.85. The van der Waals surface area contributed by atoms with Crippen LogP contribution < -0.4 is 10.6 Å². The van der Waals surface area contributed by atoms with Crippen molar-refractivity contribution in [2.75, 3.05) is 10.6 Å². The minimum Gasteiger partial charge on any atom is -0.326 e. The van der Waals surface area contributed by atoms with Crippen LogP contribution in [0.5, 0.6) is 0 Å². The van der Waals surface area contributed by atoms with Crippen molar-refractivity contribution in [1.82, 2.24) is 10.2 Å². The molecule has 0 aliphatic carbocycles. The van der Waals surface area contributed by atoms with Crippen LogP contribution in [0, 0.1) is 0 Å². The third kappa shape index (κ3) is 4.86. The lowest BCUT2D eigenvalue weighted by Crippen LogP contribution is -2.13. The maximum absolute atomic E-state index is 12.2. The van der Waals surface area contributed by atoms with Crippen LogP contribution >= 0.6 is 11.3 Å². The van der Waals surface area contributed by atoms with Gasteiger partial charge in [-0.25, -0.2) is 0 Å². The third-order valence-electron chi connectivity index (χ3n) is 3.19. The Balaban J connectivity index is 2.00. The summed E-state index contributed by atoms with van der Waals surface area (Å²) in [6.45, 7) is 8.09. The monoisotopic (exact) mass is 346 g/mol. The summed E-state index contributed by atoms with van der Waals surface area (Å²) in [6.07, 6.45) is 1.28. The fraction of sp³-hybridized carbons (Fsp3) is 0.412. The first kappa shape index (κ1) is 18.1. The Labute approximate surface area is 145 Å². The molecule has 2 aromatic rings. The van der Waals surface area contributed by atoms with Crippen molar-refractivity contribution in [2.24, 2.45) is 0 Å². The largest absolute Gasteiger partial charge is 0.326 e. The molecular weight excluding hydrogens is 324 g/mol. The van der Waals surface area contributed by atoms with Gasteiger partial charge in [0.2, 0.25) is 11.0 Å². The van der Waals surface area contributed by atoms with E-state index in [0.29, 0.717) is 22.8 Å². The molecule has 0 aliphatic heterocycles. The predicted molar refractivity (Wildman–Crippen MR) is 96.5 cm³/mol. The Morgan fingerprint density at radius 2 is 1.75 bits per heavy atom. The average Bonchev–Trinajstić information content (AvgIpc) is 2.97. The molecule has 0 fully saturated rings. The van der Waals surface area contributed by atoms with Crippen LogP contribution in [0.2, 0.25) is 0 Å². The Morgan fingerprint density at radius 1 is 1.08 bits per heavy atom. The van der Waals surface area contributed by atoms with Crippen LogP contribution in [0.4, 0.5) is 10.8 Å². The molecule has 1 heterocycles. The molecule has 1 aromatic heterocycles. The zero-order valence-electron chi connectivity index (χ0n) is 14.3. The lowest BCUT2D eigenvalue weighted by molar-refractivity contribution is -0.116. The van der Waals surface area contributed by atoms with Crippen LogP contribution in [-0.4, -0.2) is 22.0 Å². The van der Waals surface area contributed by atoms with E-state index in [1.807, 2.05) is 27.7 Å². The number of anilines is 2. The Hall–Kier alpha value is -2.28.